The van der Waals surface area contributed by atoms with Crippen LogP contribution in [0.15, 0.2) is 41.8 Å². The van der Waals surface area contributed by atoms with Crippen LogP contribution in [-0.2, 0) is 27.2 Å². The van der Waals surface area contributed by atoms with Crippen LogP contribution in [0.2, 0.25) is 0 Å². The molecule has 2 aliphatic heterocycles. The van der Waals surface area contributed by atoms with Gasteiger partial charge in [-0.2, -0.15) is 0 Å². The third-order valence-corrected chi connectivity index (χ3v) is 8.51. The van der Waals surface area contributed by atoms with Crippen LogP contribution in [-0.4, -0.2) is 56.2 Å². The first-order valence-corrected chi connectivity index (χ1v) is 14.0. The molecule has 1 saturated heterocycles. The Morgan fingerprint density at radius 3 is 2.68 bits per heavy atom. The van der Waals surface area contributed by atoms with E-state index in [9.17, 15) is 14.0 Å². The Kier molecular flexibility index (Phi) is 7.76. The molecule has 1 atom stereocenters. The first-order chi connectivity index (χ1) is 17.9. The molecule has 5 rings (SSSR count). The van der Waals surface area contributed by atoms with Gasteiger partial charge in [-0.1, -0.05) is 26.0 Å². The van der Waals surface area contributed by atoms with Crippen molar-refractivity contribution in [2.45, 2.75) is 39.5 Å². The number of piperazine rings is 1. The Labute approximate surface area is 221 Å². The number of carbonyl (C=O) groups excluding carboxylic acids is 2. The third-order valence-electron chi connectivity index (χ3n) is 7.64. The van der Waals surface area contributed by atoms with Crippen molar-refractivity contribution in [3.63, 3.8) is 0 Å². The summed E-state index contributed by atoms with van der Waals surface area (Å²) in [5.74, 6) is -0.629. The summed E-state index contributed by atoms with van der Waals surface area (Å²) in [7, 11) is 0. The van der Waals surface area contributed by atoms with Crippen molar-refractivity contribution in [1.29, 1.82) is 0 Å². The van der Waals surface area contributed by atoms with Gasteiger partial charge in [-0.25, -0.2) is 4.39 Å². The molecule has 6 nitrogen and oxygen atoms in total. The monoisotopic (exact) mass is 523 g/mol. The second kappa shape index (κ2) is 11.2. The number of hydrogen-bond acceptors (Lipinski definition) is 6. The van der Waals surface area contributed by atoms with E-state index in [4.69, 9.17) is 4.74 Å². The highest BCUT2D eigenvalue weighted by atomic mass is 32.1. The second-order valence-corrected chi connectivity index (χ2v) is 11.0. The van der Waals surface area contributed by atoms with E-state index in [-0.39, 0.29) is 30.3 Å². The van der Waals surface area contributed by atoms with Crippen LogP contribution in [0.4, 0.5) is 15.8 Å². The number of thiophene rings is 1. The van der Waals surface area contributed by atoms with E-state index in [1.165, 1.54) is 5.56 Å². The van der Waals surface area contributed by atoms with Crippen molar-refractivity contribution < 1.29 is 18.7 Å². The maximum absolute atomic E-state index is 14.1. The van der Waals surface area contributed by atoms with Crippen molar-refractivity contribution in [2.24, 2.45) is 5.92 Å². The van der Waals surface area contributed by atoms with Gasteiger partial charge < -0.3 is 9.64 Å². The zero-order chi connectivity index (χ0) is 25.9. The average Bonchev–Trinajstić information content (AvgIpc) is 3.39. The number of ether oxygens (including phenoxy) is 1. The smallest absolute Gasteiger partial charge is 0.310 e. The molecule has 0 saturated carbocycles. The minimum absolute atomic E-state index is 0.00481. The first-order valence-electron chi connectivity index (χ1n) is 13.2. The van der Waals surface area contributed by atoms with Crippen LogP contribution in [0.3, 0.4) is 0 Å². The topological polar surface area (TPSA) is 53.1 Å². The Balaban J connectivity index is 1.19. The minimum Gasteiger partial charge on any atom is -0.444 e. The van der Waals surface area contributed by atoms with Gasteiger partial charge >= 0.3 is 5.97 Å². The molecular formula is C29H34FN3O3S. The first kappa shape index (κ1) is 25.7. The molecule has 2 aliphatic rings. The third kappa shape index (κ3) is 5.65. The van der Waals surface area contributed by atoms with Crippen molar-refractivity contribution in [3.05, 3.63) is 58.7 Å². The van der Waals surface area contributed by atoms with Gasteiger partial charge in [-0.05, 0) is 60.0 Å². The number of anilines is 2. The second-order valence-electron chi connectivity index (χ2n) is 10.0. The number of rotatable bonds is 8. The van der Waals surface area contributed by atoms with Crippen LogP contribution in [0, 0.1) is 11.7 Å². The number of fused-ring (bicyclic) bond motifs is 2. The molecule has 1 unspecified atom stereocenters. The van der Waals surface area contributed by atoms with Gasteiger partial charge in [0.2, 0.25) is 5.91 Å². The molecule has 1 fully saturated rings. The van der Waals surface area contributed by atoms with Crippen LogP contribution in [0.5, 0.6) is 0 Å². The predicted molar refractivity (Wildman–Crippen MR) is 147 cm³/mol. The molecule has 0 bridgehead atoms. The number of aryl methyl sites for hydroxylation is 1. The fourth-order valence-corrected chi connectivity index (χ4v) is 5.93. The molecule has 0 aliphatic carbocycles. The minimum atomic E-state index is -0.268. The number of hydrogen-bond donors (Lipinski definition) is 0. The molecule has 0 radical (unpaired) electrons. The quantitative estimate of drug-likeness (QED) is 0.379. The lowest BCUT2D eigenvalue weighted by Gasteiger charge is -2.36. The summed E-state index contributed by atoms with van der Waals surface area (Å²) in [6.07, 6.45) is 2.73. The van der Waals surface area contributed by atoms with E-state index in [1.54, 1.807) is 28.4 Å². The molecular weight excluding hydrogens is 489 g/mol. The molecule has 2 aromatic carbocycles. The lowest BCUT2D eigenvalue weighted by Crippen LogP contribution is -2.47. The average molecular weight is 524 g/mol. The highest BCUT2D eigenvalue weighted by Gasteiger charge is 2.26. The molecule has 0 N–H and O–H groups in total. The van der Waals surface area contributed by atoms with Gasteiger partial charge in [-0.15, -0.1) is 11.3 Å². The van der Waals surface area contributed by atoms with Gasteiger partial charge in [0.15, 0.2) is 6.73 Å². The van der Waals surface area contributed by atoms with Crippen LogP contribution in [0.1, 0.15) is 37.8 Å². The zero-order valence-electron chi connectivity index (χ0n) is 21.5. The molecule has 0 spiro atoms. The lowest BCUT2D eigenvalue weighted by atomic mass is 9.98. The fraction of sp³-hybridized carbons (Fsp3) is 0.448. The largest absolute Gasteiger partial charge is 0.444 e. The van der Waals surface area contributed by atoms with Crippen molar-refractivity contribution >= 4 is 44.7 Å². The zero-order valence-corrected chi connectivity index (χ0v) is 22.4. The van der Waals surface area contributed by atoms with Gasteiger partial charge in [0.1, 0.15) is 5.82 Å². The molecule has 3 aromatic rings. The fourth-order valence-electron chi connectivity index (χ4n) is 5.10. The van der Waals surface area contributed by atoms with E-state index in [0.717, 1.165) is 66.2 Å². The number of benzene rings is 2. The van der Waals surface area contributed by atoms with Gasteiger partial charge in [-0.3, -0.25) is 19.4 Å². The van der Waals surface area contributed by atoms with E-state index in [2.05, 4.69) is 34.1 Å². The molecule has 37 heavy (non-hydrogen) atoms. The highest BCUT2D eigenvalue weighted by Crippen LogP contribution is 2.33. The van der Waals surface area contributed by atoms with E-state index < -0.39 is 0 Å². The number of carbonyl (C=O) groups is 2. The Morgan fingerprint density at radius 2 is 1.89 bits per heavy atom. The summed E-state index contributed by atoms with van der Waals surface area (Å²) < 4.78 is 20.6. The van der Waals surface area contributed by atoms with Crippen LogP contribution in [0.25, 0.3) is 10.1 Å². The van der Waals surface area contributed by atoms with Gasteiger partial charge in [0.25, 0.3) is 0 Å². The summed E-state index contributed by atoms with van der Waals surface area (Å²) in [5, 5.41) is 3.15. The summed E-state index contributed by atoms with van der Waals surface area (Å²) in [4.78, 5) is 31.2. The number of nitrogens with zero attached hydrogens (tertiary/aromatic N) is 3. The predicted octanol–water partition coefficient (Wildman–Crippen LogP) is 5.23. The maximum Gasteiger partial charge on any atom is 0.310 e. The van der Waals surface area contributed by atoms with E-state index in [1.807, 2.05) is 19.2 Å². The summed E-state index contributed by atoms with van der Waals surface area (Å²) >= 11 is 1.58. The standard InChI is InChI=1S/C29H34FN3O3S/c1-3-20(2)29(35)36-19-33-25-16-21(4-5-22(25)6-7-28(33)34)8-10-31-11-13-32(14-12-31)26-17-23(30)18-27-24(26)9-15-37-27/h4-5,9,15-18,20H,3,6-8,10-14,19H2,1-2H3. The highest BCUT2D eigenvalue weighted by molar-refractivity contribution is 7.17. The SMILES string of the molecule is CCC(C)C(=O)OCN1C(=O)CCc2ccc(CCN3CCN(c4cc(F)cc5sccc45)CC3)cc21. The van der Waals surface area contributed by atoms with E-state index in [0.29, 0.717) is 19.3 Å². The molecule has 3 heterocycles. The molecule has 1 aromatic heterocycles. The lowest BCUT2D eigenvalue weighted by molar-refractivity contribution is -0.148. The van der Waals surface area contributed by atoms with Crippen molar-refractivity contribution in [2.75, 3.05) is 49.3 Å². The number of esters is 1. The van der Waals surface area contributed by atoms with E-state index >= 15 is 0 Å². The summed E-state index contributed by atoms with van der Waals surface area (Å²) in [6.45, 7) is 8.24. The summed E-state index contributed by atoms with van der Waals surface area (Å²) in [6, 6.07) is 11.7. The van der Waals surface area contributed by atoms with Gasteiger partial charge in [0.05, 0.1) is 11.6 Å². The summed E-state index contributed by atoms with van der Waals surface area (Å²) in [5.41, 5.74) is 4.14. The Morgan fingerprint density at radius 1 is 1.08 bits per heavy atom. The number of amides is 1. The molecule has 196 valence electrons. The molecule has 8 heteroatoms. The van der Waals surface area contributed by atoms with Crippen LogP contribution < -0.4 is 9.80 Å². The molecule has 1 amide bonds. The number of halogens is 1. The Bertz CT molecular complexity index is 1280. The van der Waals surface area contributed by atoms with Crippen molar-refractivity contribution in [3.8, 4) is 0 Å². The van der Waals surface area contributed by atoms with Gasteiger partial charge in [0, 0.05) is 54.9 Å². The Hall–Kier alpha value is -2.97. The van der Waals surface area contributed by atoms with Crippen molar-refractivity contribution in [1.82, 2.24) is 4.90 Å². The normalized spacial score (nSPS) is 17.2. The van der Waals surface area contributed by atoms with Crippen LogP contribution >= 0.6 is 11.3 Å². The maximum atomic E-state index is 14.1.